The second kappa shape index (κ2) is 6.75. The van der Waals surface area contributed by atoms with Gasteiger partial charge in [0.05, 0.1) is 21.7 Å². The van der Waals surface area contributed by atoms with Gasteiger partial charge in [0.2, 0.25) is 10.0 Å². The third-order valence-electron chi connectivity index (χ3n) is 4.45. The van der Waals surface area contributed by atoms with Gasteiger partial charge in [-0.15, -0.1) is 0 Å². The maximum atomic E-state index is 12.4. The summed E-state index contributed by atoms with van der Waals surface area (Å²) in [4.78, 5) is 16.5. The van der Waals surface area contributed by atoms with E-state index in [0.717, 1.165) is 21.0 Å². The Bertz CT molecular complexity index is 1170. The van der Waals surface area contributed by atoms with Crippen LogP contribution in [0.5, 0.6) is 0 Å². The van der Waals surface area contributed by atoms with Crippen LogP contribution < -0.4 is 0 Å². The summed E-state index contributed by atoms with van der Waals surface area (Å²) in [6, 6.07) is 11.7. The van der Waals surface area contributed by atoms with Gasteiger partial charge in [-0.1, -0.05) is 23.8 Å². The van der Waals surface area contributed by atoms with Crippen LogP contribution in [-0.4, -0.2) is 42.9 Å². The molecular weight excluding hydrogens is 364 g/mol. The number of aryl methyl sites for hydroxylation is 2. The molecule has 0 atom stereocenters. The molecule has 0 saturated heterocycles. The standard InChI is InChI=1S/C20H20N2O4S/c1-12-5-7-15(13(2)9-12)19-11-17(20(23)24)16-10-14(6-8-18(16)21-19)27(25,26)22(3)4/h5-11H,1-4H3,(H,23,24). The Hall–Kier alpha value is -2.77. The molecule has 1 N–H and O–H groups in total. The average Bonchev–Trinajstić information content (AvgIpc) is 2.60. The van der Waals surface area contributed by atoms with Crippen LogP contribution in [0.2, 0.25) is 0 Å². The Morgan fingerprint density at radius 2 is 1.74 bits per heavy atom. The molecule has 0 bridgehead atoms. The molecule has 0 unspecified atom stereocenters. The molecule has 1 aromatic heterocycles. The number of rotatable bonds is 4. The van der Waals surface area contributed by atoms with E-state index in [4.69, 9.17) is 0 Å². The molecule has 0 aliphatic carbocycles. The number of pyridine rings is 1. The van der Waals surface area contributed by atoms with Gasteiger partial charge in [-0.05, 0) is 43.7 Å². The van der Waals surface area contributed by atoms with Gasteiger partial charge in [0, 0.05) is 25.0 Å². The Labute approximate surface area is 158 Å². The third kappa shape index (κ3) is 3.43. The van der Waals surface area contributed by atoms with Crippen molar-refractivity contribution in [1.29, 1.82) is 0 Å². The minimum Gasteiger partial charge on any atom is -0.478 e. The molecule has 6 nitrogen and oxygen atoms in total. The normalized spacial score (nSPS) is 11.9. The van der Waals surface area contributed by atoms with E-state index in [1.807, 2.05) is 32.0 Å². The fourth-order valence-electron chi connectivity index (χ4n) is 2.99. The minimum absolute atomic E-state index is 0.0192. The summed E-state index contributed by atoms with van der Waals surface area (Å²) in [7, 11) is -0.813. The summed E-state index contributed by atoms with van der Waals surface area (Å²) in [5.41, 5.74) is 3.93. The van der Waals surface area contributed by atoms with Crippen LogP contribution in [0.25, 0.3) is 22.2 Å². The first-order chi connectivity index (χ1) is 12.6. The fraction of sp³-hybridized carbons (Fsp3) is 0.200. The van der Waals surface area contributed by atoms with Crippen molar-refractivity contribution in [3.8, 4) is 11.3 Å². The summed E-state index contributed by atoms with van der Waals surface area (Å²) >= 11 is 0. The zero-order valence-corrected chi connectivity index (χ0v) is 16.3. The predicted octanol–water partition coefficient (Wildman–Crippen LogP) is 3.47. The van der Waals surface area contributed by atoms with Crippen molar-refractivity contribution in [3.05, 3.63) is 59.2 Å². The van der Waals surface area contributed by atoms with Gasteiger partial charge in [-0.25, -0.2) is 22.5 Å². The first-order valence-electron chi connectivity index (χ1n) is 8.29. The molecule has 3 aromatic rings. The molecular formula is C20H20N2O4S. The van der Waals surface area contributed by atoms with Crippen LogP contribution in [0.1, 0.15) is 21.5 Å². The Morgan fingerprint density at radius 3 is 2.33 bits per heavy atom. The van der Waals surface area contributed by atoms with Gasteiger partial charge in [-0.3, -0.25) is 0 Å². The number of carboxylic acid groups (broad SMARTS) is 1. The molecule has 0 aliphatic rings. The van der Waals surface area contributed by atoms with Gasteiger partial charge in [0.15, 0.2) is 0 Å². The molecule has 0 radical (unpaired) electrons. The van der Waals surface area contributed by atoms with E-state index >= 15 is 0 Å². The highest BCUT2D eigenvalue weighted by Crippen LogP contribution is 2.29. The highest BCUT2D eigenvalue weighted by atomic mass is 32.2. The van der Waals surface area contributed by atoms with E-state index in [-0.39, 0.29) is 10.5 Å². The SMILES string of the molecule is Cc1ccc(-c2cc(C(=O)O)c3cc(S(=O)(=O)N(C)C)ccc3n2)c(C)c1. The van der Waals surface area contributed by atoms with E-state index in [2.05, 4.69) is 4.98 Å². The molecule has 3 rings (SSSR count). The van der Waals surface area contributed by atoms with Crippen LogP contribution >= 0.6 is 0 Å². The van der Waals surface area contributed by atoms with E-state index in [9.17, 15) is 18.3 Å². The van der Waals surface area contributed by atoms with E-state index in [1.54, 1.807) is 6.07 Å². The fourth-order valence-corrected chi connectivity index (χ4v) is 3.92. The maximum Gasteiger partial charge on any atom is 0.336 e. The Kier molecular flexibility index (Phi) is 4.75. The average molecular weight is 384 g/mol. The van der Waals surface area contributed by atoms with Gasteiger partial charge < -0.3 is 5.11 Å². The highest BCUT2D eigenvalue weighted by Gasteiger charge is 2.20. The minimum atomic E-state index is -3.67. The molecule has 7 heteroatoms. The molecule has 0 fully saturated rings. The van der Waals surface area contributed by atoms with Crippen LogP contribution in [0.4, 0.5) is 0 Å². The zero-order valence-electron chi connectivity index (χ0n) is 15.5. The van der Waals surface area contributed by atoms with Crippen LogP contribution in [0.15, 0.2) is 47.4 Å². The second-order valence-corrected chi connectivity index (χ2v) is 8.80. The molecule has 2 aromatic carbocycles. The monoisotopic (exact) mass is 384 g/mol. The van der Waals surface area contributed by atoms with Gasteiger partial charge in [-0.2, -0.15) is 0 Å². The lowest BCUT2D eigenvalue weighted by Gasteiger charge is -2.14. The predicted molar refractivity (Wildman–Crippen MR) is 104 cm³/mol. The van der Waals surface area contributed by atoms with Gasteiger partial charge in [0.25, 0.3) is 0 Å². The smallest absolute Gasteiger partial charge is 0.336 e. The number of hydrogen-bond donors (Lipinski definition) is 1. The number of sulfonamides is 1. The number of nitrogens with zero attached hydrogens (tertiary/aromatic N) is 2. The van der Waals surface area contributed by atoms with Gasteiger partial charge in [0.1, 0.15) is 0 Å². The molecule has 0 saturated carbocycles. The van der Waals surface area contributed by atoms with Crippen molar-refractivity contribution < 1.29 is 18.3 Å². The number of benzene rings is 2. The maximum absolute atomic E-state index is 12.4. The van der Waals surface area contributed by atoms with Gasteiger partial charge >= 0.3 is 5.97 Å². The first-order valence-corrected chi connectivity index (χ1v) is 9.73. The van der Waals surface area contributed by atoms with E-state index in [0.29, 0.717) is 16.6 Å². The van der Waals surface area contributed by atoms with Crippen LogP contribution in [0.3, 0.4) is 0 Å². The molecule has 27 heavy (non-hydrogen) atoms. The van der Waals surface area contributed by atoms with Crippen LogP contribution in [-0.2, 0) is 10.0 Å². The topological polar surface area (TPSA) is 87.6 Å². The Morgan fingerprint density at radius 1 is 1.04 bits per heavy atom. The first kappa shape index (κ1) is 19.0. The highest BCUT2D eigenvalue weighted by molar-refractivity contribution is 7.89. The quantitative estimate of drug-likeness (QED) is 0.744. The number of carboxylic acids is 1. The number of aromatic carboxylic acids is 1. The van der Waals surface area contributed by atoms with Crippen molar-refractivity contribution in [1.82, 2.24) is 9.29 Å². The number of hydrogen-bond acceptors (Lipinski definition) is 4. The molecule has 1 heterocycles. The van der Waals surface area contributed by atoms with E-state index in [1.165, 1.54) is 32.3 Å². The van der Waals surface area contributed by atoms with Crippen molar-refractivity contribution >= 4 is 26.9 Å². The molecule has 0 amide bonds. The van der Waals surface area contributed by atoms with Crippen LogP contribution in [0, 0.1) is 13.8 Å². The lowest BCUT2D eigenvalue weighted by atomic mass is 9.99. The lowest BCUT2D eigenvalue weighted by Crippen LogP contribution is -2.22. The molecule has 140 valence electrons. The summed E-state index contributed by atoms with van der Waals surface area (Å²) in [6.45, 7) is 3.93. The number of aromatic nitrogens is 1. The van der Waals surface area contributed by atoms with E-state index < -0.39 is 16.0 Å². The number of fused-ring (bicyclic) bond motifs is 1. The zero-order chi connectivity index (χ0) is 19.9. The largest absolute Gasteiger partial charge is 0.478 e. The summed E-state index contributed by atoms with van der Waals surface area (Å²) in [5.74, 6) is -1.13. The van der Waals surface area contributed by atoms with Crippen molar-refractivity contribution in [2.75, 3.05) is 14.1 Å². The summed E-state index contributed by atoms with van der Waals surface area (Å²) < 4.78 is 25.8. The lowest BCUT2D eigenvalue weighted by molar-refractivity contribution is 0.0699. The molecule has 0 aliphatic heterocycles. The van der Waals surface area contributed by atoms with Crippen molar-refractivity contribution in [2.45, 2.75) is 18.7 Å². The second-order valence-electron chi connectivity index (χ2n) is 6.64. The van der Waals surface area contributed by atoms with Crippen molar-refractivity contribution in [3.63, 3.8) is 0 Å². The summed E-state index contributed by atoms with van der Waals surface area (Å²) in [6.07, 6.45) is 0. The third-order valence-corrected chi connectivity index (χ3v) is 6.26. The summed E-state index contributed by atoms with van der Waals surface area (Å²) in [5, 5.41) is 9.97. The van der Waals surface area contributed by atoms with Crippen molar-refractivity contribution in [2.24, 2.45) is 0 Å². The number of carbonyl (C=O) groups is 1. The Balaban J connectivity index is 2.29. The molecule has 0 spiro atoms.